The average Bonchev–Trinajstić information content (AvgIpc) is 3.10. The Morgan fingerprint density at radius 3 is 2.69 bits per heavy atom. The molecule has 2 aromatic carbocycles. The molecule has 0 fully saturated rings. The van der Waals surface area contributed by atoms with Crippen molar-refractivity contribution in [2.45, 2.75) is 27.4 Å². The van der Waals surface area contributed by atoms with Crippen LogP contribution in [0.3, 0.4) is 0 Å². The molecule has 0 bridgehead atoms. The zero-order valence-electron chi connectivity index (χ0n) is 16.0. The first-order chi connectivity index (χ1) is 13.8. The number of anilines is 2. The SMILES string of the molecule is CC(=O)N(c1nc(COc2ccc(Cl)cc2[N+](=O)[O-])cs1)c1ccc(C)cc1C. The standard InChI is InChI=1S/C20H18ClN3O4S/c1-12-4-6-17(13(2)8-12)23(14(3)25)20-22-16(11-29-20)10-28-19-7-5-15(21)9-18(19)24(26)27/h4-9,11H,10H2,1-3H3. The van der Waals surface area contributed by atoms with Crippen LogP contribution >= 0.6 is 22.9 Å². The summed E-state index contributed by atoms with van der Waals surface area (Å²) < 4.78 is 5.58. The number of halogens is 1. The molecule has 3 aromatic rings. The molecule has 0 N–H and O–H groups in total. The number of benzene rings is 2. The lowest BCUT2D eigenvalue weighted by molar-refractivity contribution is -0.385. The molecule has 1 aromatic heterocycles. The molecule has 0 aliphatic heterocycles. The number of aromatic nitrogens is 1. The molecule has 0 aliphatic carbocycles. The Morgan fingerprint density at radius 1 is 1.28 bits per heavy atom. The number of hydrogen-bond donors (Lipinski definition) is 0. The predicted molar refractivity (Wildman–Crippen MR) is 113 cm³/mol. The molecule has 0 saturated heterocycles. The summed E-state index contributed by atoms with van der Waals surface area (Å²) in [6, 6.07) is 10.0. The Kier molecular flexibility index (Phi) is 6.14. The van der Waals surface area contributed by atoms with Gasteiger partial charge in [0.2, 0.25) is 5.91 Å². The second-order valence-corrected chi connectivity index (χ2v) is 7.70. The Hall–Kier alpha value is -2.97. The van der Waals surface area contributed by atoms with Crippen molar-refractivity contribution in [1.29, 1.82) is 0 Å². The first-order valence-electron chi connectivity index (χ1n) is 8.65. The summed E-state index contributed by atoms with van der Waals surface area (Å²) >= 11 is 7.12. The Labute approximate surface area is 176 Å². The molecule has 0 atom stereocenters. The number of nitrogens with zero attached hydrogens (tertiary/aromatic N) is 3. The van der Waals surface area contributed by atoms with Crippen molar-refractivity contribution in [3.63, 3.8) is 0 Å². The monoisotopic (exact) mass is 431 g/mol. The van der Waals surface area contributed by atoms with E-state index < -0.39 is 4.92 Å². The van der Waals surface area contributed by atoms with Gasteiger partial charge in [0.25, 0.3) is 0 Å². The zero-order valence-corrected chi connectivity index (χ0v) is 17.6. The van der Waals surface area contributed by atoms with Gasteiger partial charge in [-0.05, 0) is 37.6 Å². The molecule has 7 nitrogen and oxygen atoms in total. The van der Waals surface area contributed by atoms with Crippen LogP contribution in [0.4, 0.5) is 16.5 Å². The summed E-state index contributed by atoms with van der Waals surface area (Å²) in [5, 5.41) is 13.7. The molecule has 9 heteroatoms. The quantitative estimate of drug-likeness (QED) is 0.375. The normalized spacial score (nSPS) is 10.6. The minimum absolute atomic E-state index is 0.0254. The highest BCUT2D eigenvalue weighted by molar-refractivity contribution is 7.14. The van der Waals surface area contributed by atoms with Gasteiger partial charge in [-0.25, -0.2) is 4.98 Å². The van der Waals surface area contributed by atoms with Crippen molar-refractivity contribution in [3.05, 3.63) is 73.7 Å². The van der Waals surface area contributed by atoms with Crippen LogP contribution in [0.25, 0.3) is 0 Å². The van der Waals surface area contributed by atoms with Gasteiger partial charge in [0, 0.05) is 23.4 Å². The molecule has 3 rings (SSSR count). The van der Waals surface area contributed by atoms with E-state index in [1.54, 1.807) is 10.3 Å². The fraction of sp³-hybridized carbons (Fsp3) is 0.200. The number of carbonyl (C=O) groups excluding carboxylic acids is 1. The number of carbonyl (C=O) groups is 1. The molecular formula is C20H18ClN3O4S. The zero-order chi connectivity index (χ0) is 21.1. The lowest BCUT2D eigenvalue weighted by atomic mass is 10.1. The van der Waals surface area contributed by atoms with E-state index in [1.165, 1.54) is 36.5 Å². The molecule has 29 heavy (non-hydrogen) atoms. The summed E-state index contributed by atoms with van der Waals surface area (Å²) in [6.45, 7) is 5.44. The predicted octanol–water partition coefficient (Wildman–Crippen LogP) is 5.59. The first kappa shape index (κ1) is 20.8. The number of thiazole rings is 1. The van der Waals surface area contributed by atoms with E-state index in [4.69, 9.17) is 16.3 Å². The van der Waals surface area contributed by atoms with Gasteiger partial charge >= 0.3 is 5.69 Å². The van der Waals surface area contributed by atoms with Crippen molar-refractivity contribution in [1.82, 2.24) is 4.98 Å². The number of ether oxygens (including phenoxy) is 1. The fourth-order valence-electron chi connectivity index (χ4n) is 2.84. The molecule has 150 valence electrons. The maximum atomic E-state index is 12.3. The van der Waals surface area contributed by atoms with E-state index in [9.17, 15) is 14.9 Å². The average molecular weight is 432 g/mol. The molecular weight excluding hydrogens is 414 g/mol. The maximum absolute atomic E-state index is 12.3. The van der Waals surface area contributed by atoms with Gasteiger partial charge < -0.3 is 4.74 Å². The van der Waals surface area contributed by atoms with Crippen LogP contribution < -0.4 is 9.64 Å². The van der Waals surface area contributed by atoms with Crippen molar-refractivity contribution in [2.24, 2.45) is 0 Å². The summed E-state index contributed by atoms with van der Waals surface area (Å²) in [4.78, 5) is 29.0. The molecule has 0 radical (unpaired) electrons. The van der Waals surface area contributed by atoms with Crippen LogP contribution in [0.5, 0.6) is 5.75 Å². The van der Waals surface area contributed by atoms with E-state index in [-0.39, 0.29) is 29.0 Å². The molecule has 1 amide bonds. The van der Waals surface area contributed by atoms with Crippen LogP contribution in [-0.4, -0.2) is 15.8 Å². The van der Waals surface area contributed by atoms with E-state index in [1.807, 2.05) is 32.0 Å². The fourth-order valence-corrected chi connectivity index (χ4v) is 3.87. The van der Waals surface area contributed by atoms with Gasteiger partial charge in [-0.2, -0.15) is 0 Å². The van der Waals surface area contributed by atoms with Crippen molar-refractivity contribution < 1.29 is 14.5 Å². The minimum Gasteiger partial charge on any atom is -0.480 e. The third-order valence-electron chi connectivity index (χ3n) is 4.13. The van der Waals surface area contributed by atoms with E-state index >= 15 is 0 Å². The highest BCUT2D eigenvalue weighted by Crippen LogP contribution is 2.33. The Balaban J connectivity index is 1.83. The molecule has 0 unspecified atom stereocenters. The van der Waals surface area contributed by atoms with Gasteiger partial charge in [0.1, 0.15) is 6.61 Å². The summed E-state index contributed by atoms with van der Waals surface area (Å²) in [5.74, 6) is -0.0566. The van der Waals surface area contributed by atoms with Crippen LogP contribution in [0.1, 0.15) is 23.7 Å². The van der Waals surface area contributed by atoms with Gasteiger partial charge in [-0.3, -0.25) is 19.8 Å². The van der Waals surface area contributed by atoms with Crippen molar-refractivity contribution in [3.8, 4) is 5.75 Å². The van der Waals surface area contributed by atoms with Gasteiger partial charge in [0.05, 0.1) is 16.3 Å². The summed E-state index contributed by atoms with van der Waals surface area (Å²) in [7, 11) is 0. The number of aryl methyl sites for hydroxylation is 2. The first-order valence-corrected chi connectivity index (χ1v) is 9.91. The lowest BCUT2D eigenvalue weighted by Crippen LogP contribution is -2.23. The molecule has 0 saturated carbocycles. The number of rotatable bonds is 6. The maximum Gasteiger partial charge on any atom is 0.312 e. The third kappa shape index (κ3) is 4.72. The second kappa shape index (κ2) is 8.59. The van der Waals surface area contributed by atoms with Crippen LogP contribution in [-0.2, 0) is 11.4 Å². The highest BCUT2D eigenvalue weighted by atomic mass is 35.5. The number of hydrogen-bond acceptors (Lipinski definition) is 6. The second-order valence-electron chi connectivity index (χ2n) is 6.42. The molecule has 0 spiro atoms. The van der Waals surface area contributed by atoms with Crippen LogP contribution in [0, 0.1) is 24.0 Å². The Bertz CT molecular complexity index is 1080. The smallest absolute Gasteiger partial charge is 0.312 e. The highest BCUT2D eigenvalue weighted by Gasteiger charge is 2.21. The molecule has 1 heterocycles. The van der Waals surface area contributed by atoms with E-state index in [0.29, 0.717) is 10.8 Å². The van der Waals surface area contributed by atoms with Gasteiger partial charge in [0.15, 0.2) is 10.9 Å². The van der Waals surface area contributed by atoms with Crippen LogP contribution in [0.2, 0.25) is 5.02 Å². The Morgan fingerprint density at radius 2 is 2.03 bits per heavy atom. The van der Waals surface area contributed by atoms with Crippen LogP contribution in [0.15, 0.2) is 41.8 Å². The van der Waals surface area contributed by atoms with Gasteiger partial charge in [-0.15, -0.1) is 11.3 Å². The largest absolute Gasteiger partial charge is 0.480 e. The number of nitro benzene ring substituents is 1. The third-order valence-corrected chi connectivity index (χ3v) is 5.24. The summed E-state index contributed by atoms with van der Waals surface area (Å²) in [5.41, 5.74) is 3.18. The van der Waals surface area contributed by atoms with Gasteiger partial charge in [-0.1, -0.05) is 29.3 Å². The van der Waals surface area contributed by atoms with Crippen molar-refractivity contribution >= 4 is 45.4 Å². The van der Waals surface area contributed by atoms with E-state index in [0.717, 1.165) is 16.8 Å². The topological polar surface area (TPSA) is 85.6 Å². The van der Waals surface area contributed by atoms with Crippen molar-refractivity contribution in [2.75, 3.05) is 4.90 Å². The summed E-state index contributed by atoms with van der Waals surface area (Å²) in [6.07, 6.45) is 0. The molecule has 0 aliphatic rings. The minimum atomic E-state index is -0.550. The number of amides is 1. The van der Waals surface area contributed by atoms with E-state index in [2.05, 4.69) is 4.98 Å². The number of nitro groups is 1. The lowest BCUT2D eigenvalue weighted by Gasteiger charge is -2.20.